The fourth-order valence-corrected chi connectivity index (χ4v) is 4.48. The lowest BCUT2D eigenvalue weighted by Crippen LogP contribution is -2.38. The molecule has 7 nitrogen and oxygen atoms in total. The van der Waals surface area contributed by atoms with Crippen LogP contribution in [-0.4, -0.2) is 40.2 Å². The Hall–Kier alpha value is -2.96. The first-order valence-corrected chi connectivity index (χ1v) is 9.80. The van der Waals surface area contributed by atoms with Gasteiger partial charge in [0.1, 0.15) is 0 Å². The summed E-state index contributed by atoms with van der Waals surface area (Å²) in [6.45, 7) is 5.96. The van der Waals surface area contributed by atoms with Crippen LogP contribution in [0.15, 0.2) is 34.7 Å². The Morgan fingerprint density at radius 2 is 1.70 bits per heavy atom. The molecule has 30 heavy (non-hydrogen) atoms. The first-order chi connectivity index (χ1) is 14.2. The monoisotopic (exact) mass is 415 g/mol. The Morgan fingerprint density at radius 1 is 1.03 bits per heavy atom. The summed E-state index contributed by atoms with van der Waals surface area (Å²) in [5.74, 6) is 0.200. The summed E-state index contributed by atoms with van der Waals surface area (Å²) in [4.78, 5) is 26.1. The summed E-state index contributed by atoms with van der Waals surface area (Å²) in [6, 6.07) is 3.56. The maximum absolute atomic E-state index is 13.3. The van der Waals surface area contributed by atoms with Gasteiger partial charge in [0.25, 0.3) is 0 Å². The van der Waals surface area contributed by atoms with Crippen LogP contribution in [0.2, 0.25) is 0 Å². The molecule has 0 bridgehead atoms. The van der Waals surface area contributed by atoms with E-state index in [1.54, 1.807) is 13.2 Å². The summed E-state index contributed by atoms with van der Waals surface area (Å²) < 4.78 is 21.7. The first-order valence-electron chi connectivity index (χ1n) is 9.80. The number of hydrogen-bond donors (Lipinski definition) is 1. The molecule has 1 aliphatic heterocycles. The molecule has 1 aromatic rings. The number of carbonyl (C=O) groups excluding carboxylic acids is 2. The molecule has 0 saturated carbocycles. The van der Waals surface area contributed by atoms with Gasteiger partial charge in [-0.2, -0.15) is 0 Å². The number of methoxy groups -OCH3 is 4. The highest BCUT2D eigenvalue weighted by atomic mass is 16.5. The zero-order chi connectivity index (χ0) is 22.2. The predicted molar refractivity (Wildman–Crippen MR) is 112 cm³/mol. The van der Waals surface area contributed by atoms with Gasteiger partial charge in [0, 0.05) is 29.0 Å². The number of ketones is 1. The van der Waals surface area contributed by atoms with E-state index in [4.69, 9.17) is 18.9 Å². The van der Waals surface area contributed by atoms with E-state index >= 15 is 0 Å². The van der Waals surface area contributed by atoms with Crippen LogP contribution < -0.4 is 19.5 Å². The second-order valence-electron chi connectivity index (χ2n) is 8.34. The number of dihydropyridines is 1. The largest absolute Gasteiger partial charge is 0.493 e. The highest BCUT2D eigenvalue weighted by Gasteiger charge is 2.44. The molecule has 1 atom stereocenters. The van der Waals surface area contributed by atoms with Crippen LogP contribution in [0.25, 0.3) is 0 Å². The van der Waals surface area contributed by atoms with Gasteiger partial charge in [0.15, 0.2) is 17.3 Å². The molecule has 0 fully saturated rings. The predicted octanol–water partition coefficient (Wildman–Crippen LogP) is 3.49. The minimum absolute atomic E-state index is 0.00416. The van der Waals surface area contributed by atoms with Gasteiger partial charge in [-0.15, -0.1) is 0 Å². The molecular formula is C23H29NO6. The third kappa shape index (κ3) is 3.53. The number of allylic oxidation sites excluding steroid dienone is 3. The SMILES string of the molecule is COC(=O)C1=C(C)NC2=C(C(=O)CC(C)(C)C2)C1c1ccc(OC)c(OC)c1OC. The van der Waals surface area contributed by atoms with Crippen LogP contribution in [-0.2, 0) is 14.3 Å². The van der Waals surface area contributed by atoms with Gasteiger partial charge in [-0.1, -0.05) is 19.9 Å². The standard InChI is InChI=1S/C23H29NO6/c1-12-17(22(26)30-7)18(19-14(24-12)10-23(2,3)11-15(19)25)13-8-9-16(27-4)21(29-6)20(13)28-5/h8-9,18,24H,10-11H2,1-7H3. The van der Waals surface area contributed by atoms with E-state index in [0.29, 0.717) is 52.5 Å². The third-order valence-electron chi connectivity index (χ3n) is 5.69. The van der Waals surface area contributed by atoms with Gasteiger partial charge in [-0.05, 0) is 24.8 Å². The van der Waals surface area contributed by atoms with E-state index < -0.39 is 11.9 Å². The maximum atomic E-state index is 13.3. The van der Waals surface area contributed by atoms with Crippen LogP contribution in [0.4, 0.5) is 0 Å². The lowest BCUT2D eigenvalue weighted by molar-refractivity contribution is -0.136. The Kier molecular flexibility index (Phi) is 5.83. The third-order valence-corrected chi connectivity index (χ3v) is 5.69. The summed E-state index contributed by atoms with van der Waals surface area (Å²) in [6.07, 6.45) is 1.10. The van der Waals surface area contributed by atoms with Gasteiger partial charge in [0.2, 0.25) is 5.75 Å². The number of ether oxygens (including phenoxy) is 4. The molecule has 162 valence electrons. The molecule has 1 aromatic carbocycles. The normalized spacial score (nSPS) is 20.4. The van der Waals surface area contributed by atoms with Gasteiger partial charge < -0.3 is 24.3 Å². The summed E-state index contributed by atoms with van der Waals surface area (Å²) in [5, 5.41) is 3.30. The average molecular weight is 415 g/mol. The van der Waals surface area contributed by atoms with Crippen molar-refractivity contribution in [3.63, 3.8) is 0 Å². The van der Waals surface area contributed by atoms with Gasteiger partial charge >= 0.3 is 5.97 Å². The molecule has 0 saturated heterocycles. The molecule has 1 heterocycles. The van der Waals surface area contributed by atoms with Crippen molar-refractivity contribution in [1.29, 1.82) is 0 Å². The highest BCUT2D eigenvalue weighted by Crippen LogP contribution is 2.51. The van der Waals surface area contributed by atoms with Crippen molar-refractivity contribution in [2.24, 2.45) is 5.41 Å². The molecule has 0 aromatic heterocycles. The lowest BCUT2D eigenvalue weighted by Gasteiger charge is -2.39. The quantitative estimate of drug-likeness (QED) is 0.737. The van der Waals surface area contributed by atoms with Gasteiger partial charge in [-0.3, -0.25) is 4.79 Å². The van der Waals surface area contributed by atoms with Crippen molar-refractivity contribution in [3.05, 3.63) is 40.2 Å². The molecule has 0 spiro atoms. The van der Waals surface area contributed by atoms with E-state index in [0.717, 1.165) is 5.70 Å². The van der Waals surface area contributed by atoms with Crippen molar-refractivity contribution in [2.45, 2.75) is 39.5 Å². The number of carbonyl (C=O) groups is 2. The second kappa shape index (κ2) is 8.05. The summed E-state index contributed by atoms with van der Waals surface area (Å²) in [5.41, 5.74) is 2.94. The molecule has 1 N–H and O–H groups in total. The van der Waals surface area contributed by atoms with Crippen LogP contribution in [0, 0.1) is 5.41 Å². The Morgan fingerprint density at radius 3 is 2.27 bits per heavy atom. The number of benzene rings is 1. The number of hydrogen-bond acceptors (Lipinski definition) is 7. The van der Waals surface area contributed by atoms with Gasteiger partial charge in [-0.25, -0.2) is 4.79 Å². The van der Waals surface area contributed by atoms with Crippen molar-refractivity contribution >= 4 is 11.8 Å². The van der Waals surface area contributed by atoms with E-state index in [1.165, 1.54) is 21.3 Å². The molecule has 2 aliphatic rings. The Bertz CT molecular complexity index is 957. The number of esters is 1. The van der Waals surface area contributed by atoms with Crippen molar-refractivity contribution in [3.8, 4) is 17.2 Å². The topological polar surface area (TPSA) is 83.1 Å². The number of Topliss-reactive ketones (excluding diaryl/α,β-unsaturated/α-hetero) is 1. The molecule has 1 unspecified atom stereocenters. The Labute approximate surface area is 177 Å². The summed E-state index contributed by atoms with van der Waals surface area (Å²) in [7, 11) is 5.92. The maximum Gasteiger partial charge on any atom is 0.336 e. The van der Waals surface area contributed by atoms with E-state index in [2.05, 4.69) is 19.2 Å². The van der Waals surface area contributed by atoms with Crippen LogP contribution in [0.5, 0.6) is 17.2 Å². The van der Waals surface area contributed by atoms with Crippen molar-refractivity contribution < 1.29 is 28.5 Å². The number of nitrogens with one attached hydrogen (secondary N) is 1. The lowest BCUT2D eigenvalue weighted by atomic mass is 9.68. The first kappa shape index (κ1) is 21.7. The molecule has 7 heteroatoms. The zero-order valence-electron chi connectivity index (χ0n) is 18.6. The molecule has 0 amide bonds. The average Bonchev–Trinajstić information content (AvgIpc) is 2.69. The second-order valence-corrected chi connectivity index (χ2v) is 8.34. The van der Waals surface area contributed by atoms with E-state index in [-0.39, 0.29) is 11.2 Å². The molecule has 1 aliphatic carbocycles. The van der Waals surface area contributed by atoms with Crippen LogP contribution in [0.1, 0.15) is 45.1 Å². The molecule has 0 radical (unpaired) electrons. The van der Waals surface area contributed by atoms with E-state index in [9.17, 15) is 9.59 Å². The van der Waals surface area contributed by atoms with Gasteiger partial charge in [0.05, 0.1) is 39.9 Å². The highest BCUT2D eigenvalue weighted by molar-refractivity contribution is 6.04. The fraction of sp³-hybridized carbons (Fsp3) is 0.478. The van der Waals surface area contributed by atoms with Crippen LogP contribution in [0.3, 0.4) is 0 Å². The van der Waals surface area contributed by atoms with Crippen LogP contribution >= 0.6 is 0 Å². The summed E-state index contributed by atoms with van der Waals surface area (Å²) >= 11 is 0. The van der Waals surface area contributed by atoms with Crippen molar-refractivity contribution in [2.75, 3.05) is 28.4 Å². The minimum Gasteiger partial charge on any atom is -0.493 e. The molecular weight excluding hydrogens is 386 g/mol. The smallest absolute Gasteiger partial charge is 0.336 e. The fourth-order valence-electron chi connectivity index (χ4n) is 4.48. The minimum atomic E-state index is -0.632. The van der Waals surface area contributed by atoms with Crippen molar-refractivity contribution in [1.82, 2.24) is 5.32 Å². The molecule has 3 rings (SSSR count). The number of rotatable bonds is 5. The zero-order valence-corrected chi connectivity index (χ0v) is 18.6. The Balaban J connectivity index is 2.32. The van der Waals surface area contributed by atoms with E-state index in [1.807, 2.05) is 13.0 Å².